The van der Waals surface area contributed by atoms with E-state index in [9.17, 15) is 0 Å². The third-order valence-corrected chi connectivity index (χ3v) is 3.65. The molecule has 0 amide bonds. The number of halogens is 1. The molecule has 1 heterocycles. The maximum Gasteiger partial charge on any atom is 0.203 e. The zero-order chi connectivity index (χ0) is 14.7. The molecular formula is C14H16BrNO4. The fourth-order valence-electron chi connectivity index (χ4n) is 2.04. The Bertz CT molecular complexity index is 597. The van der Waals surface area contributed by atoms with Crippen molar-refractivity contribution in [2.24, 2.45) is 5.73 Å². The van der Waals surface area contributed by atoms with Crippen LogP contribution in [-0.4, -0.2) is 21.3 Å². The molecular weight excluding hydrogens is 326 g/mol. The van der Waals surface area contributed by atoms with Crippen LogP contribution in [0.2, 0.25) is 0 Å². The Morgan fingerprint density at radius 3 is 2.25 bits per heavy atom. The van der Waals surface area contributed by atoms with Crippen LogP contribution in [0.15, 0.2) is 33.4 Å². The molecule has 1 atom stereocenters. The van der Waals surface area contributed by atoms with Crippen molar-refractivity contribution < 1.29 is 18.6 Å². The van der Waals surface area contributed by atoms with Crippen LogP contribution in [-0.2, 0) is 0 Å². The van der Waals surface area contributed by atoms with Gasteiger partial charge in [0, 0.05) is 5.56 Å². The van der Waals surface area contributed by atoms with Gasteiger partial charge in [0.15, 0.2) is 11.5 Å². The molecule has 108 valence electrons. The van der Waals surface area contributed by atoms with Gasteiger partial charge in [0.05, 0.1) is 38.1 Å². The normalized spacial score (nSPS) is 12.1. The van der Waals surface area contributed by atoms with E-state index in [1.807, 2.05) is 6.07 Å². The van der Waals surface area contributed by atoms with E-state index in [2.05, 4.69) is 15.9 Å². The van der Waals surface area contributed by atoms with Crippen LogP contribution in [0.3, 0.4) is 0 Å². The maximum absolute atomic E-state index is 6.25. The van der Waals surface area contributed by atoms with E-state index in [1.165, 1.54) is 0 Å². The summed E-state index contributed by atoms with van der Waals surface area (Å²) in [4.78, 5) is 0. The van der Waals surface area contributed by atoms with Gasteiger partial charge >= 0.3 is 0 Å². The average Bonchev–Trinajstić information content (AvgIpc) is 2.90. The summed E-state index contributed by atoms with van der Waals surface area (Å²) in [7, 11) is 4.68. The molecule has 1 aromatic heterocycles. The van der Waals surface area contributed by atoms with Gasteiger partial charge in [-0.15, -0.1) is 0 Å². The van der Waals surface area contributed by atoms with Gasteiger partial charge in [0.2, 0.25) is 5.75 Å². The molecule has 0 saturated heterocycles. The molecule has 0 radical (unpaired) electrons. The molecule has 6 heteroatoms. The van der Waals surface area contributed by atoms with E-state index in [4.69, 9.17) is 24.4 Å². The third kappa shape index (κ3) is 2.48. The summed E-state index contributed by atoms with van der Waals surface area (Å²) in [6, 6.07) is 4.93. The Morgan fingerprint density at radius 2 is 1.75 bits per heavy atom. The second-order valence-electron chi connectivity index (χ2n) is 4.03. The molecule has 2 N–H and O–H groups in total. The number of ether oxygens (including phenoxy) is 3. The SMILES string of the molecule is COc1ccc(C(N)c2occc2Br)c(OC)c1OC. The minimum atomic E-state index is -0.478. The fourth-order valence-corrected chi connectivity index (χ4v) is 2.49. The zero-order valence-corrected chi connectivity index (χ0v) is 13.1. The molecule has 2 aromatic rings. The van der Waals surface area contributed by atoms with Gasteiger partial charge in [0.25, 0.3) is 0 Å². The first-order chi connectivity index (χ1) is 9.63. The third-order valence-electron chi connectivity index (χ3n) is 3.00. The van der Waals surface area contributed by atoms with Gasteiger partial charge in [-0.2, -0.15) is 0 Å². The highest BCUT2D eigenvalue weighted by Crippen LogP contribution is 2.43. The van der Waals surface area contributed by atoms with E-state index in [1.54, 1.807) is 39.7 Å². The molecule has 2 rings (SSSR count). The maximum atomic E-state index is 6.25. The molecule has 0 spiro atoms. The summed E-state index contributed by atoms with van der Waals surface area (Å²) >= 11 is 3.40. The van der Waals surface area contributed by atoms with Gasteiger partial charge in [-0.3, -0.25) is 0 Å². The van der Waals surface area contributed by atoms with Crippen molar-refractivity contribution in [3.05, 3.63) is 40.3 Å². The van der Waals surface area contributed by atoms with E-state index in [-0.39, 0.29) is 0 Å². The minimum absolute atomic E-state index is 0.478. The fraction of sp³-hybridized carbons (Fsp3) is 0.286. The topological polar surface area (TPSA) is 66.9 Å². The van der Waals surface area contributed by atoms with Crippen LogP contribution in [0.1, 0.15) is 17.4 Å². The monoisotopic (exact) mass is 341 g/mol. The lowest BCUT2D eigenvalue weighted by Gasteiger charge is -2.18. The lowest BCUT2D eigenvalue weighted by atomic mass is 10.0. The van der Waals surface area contributed by atoms with Gasteiger partial charge in [0.1, 0.15) is 5.76 Å². The van der Waals surface area contributed by atoms with Crippen molar-refractivity contribution in [3.8, 4) is 17.2 Å². The van der Waals surface area contributed by atoms with E-state index in [0.29, 0.717) is 23.0 Å². The number of hydrogen-bond acceptors (Lipinski definition) is 5. The van der Waals surface area contributed by atoms with Crippen LogP contribution in [0.4, 0.5) is 0 Å². The van der Waals surface area contributed by atoms with Crippen molar-refractivity contribution in [1.82, 2.24) is 0 Å². The number of nitrogens with two attached hydrogens (primary N) is 1. The summed E-state index contributed by atoms with van der Waals surface area (Å²) in [6.45, 7) is 0. The summed E-state index contributed by atoms with van der Waals surface area (Å²) in [5, 5.41) is 0. The number of hydrogen-bond donors (Lipinski definition) is 1. The Balaban J connectivity index is 2.54. The van der Waals surface area contributed by atoms with Crippen LogP contribution in [0.5, 0.6) is 17.2 Å². The number of benzene rings is 1. The highest BCUT2D eigenvalue weighted by molar-refractivity contribution is 9.10. The summed E-state index contributed by atoms with van der Waals surface area (Å²) < 4.78 is 22.2. The van der Waals surface area contributed by atoms with Crippen molar-refractivity contribution in [3.63, 3.8) is 0 Å². The molecule has 20 heavy (non-hydrogen) atoms. The molecule has 1 unspecified atom stereocenters. The molecule has 0 fully saturated rings. The summed E-state index contributed by atoms with van der Waals surface area (Å²) in [5.41, 5.74) is 7.00. The number of methoxy groups -OCH3 is 3. The Kier molecular flexibility index (Phi) is 4.57. The lowest BCUT2D eigenvalue weighted by Crippen LogP contribution is -2.13. The second-order valence-corrected chi connectivity index (χ2v) is 4.89. The van der Waals surface area contributed by atoms with Crippen LogP contribution in [0.25, 0.3) is 0 Å². The van der Waals surface area contributed by atoms with Gasteiger partial charge in [-0.25, -0.2) is 0 Å². The smallest absolute Gasteiger partial charge is 0.203 e. The first-order valence-electron chi connectivity index (χ1n) is 5.91. The first kappa shape index (κ1) is 14.7. The minimum Gasteiger partial charge on any atom is -0.493 e. The van der Waals surface area contributed by atoms with Crippen molar-refractivity contribution in [2.75, 3.05) is 21.3 Å². The average molecular weight is 342 g/mol. The largest absolute Gasteiger partial charge is 0.493 e. The van der Waals surface area contributed by atoms with Crippen LogP contribution in [0, 0.1) is 0 Å². The Labute approximate surface area is 125 Å². The standard InChI is InChI=1S/C14H16BrNO4/c1-17-10-5-4-8(12(18-2)14(10)19-3)11(16)13-9(15)6-7-20-13/h4-7,11H,16H2,1-3H3. The molecule has 5 nitrogen and oxygen atoms in total. The molecule has 1 aromatic carbocycles. The highest BCUT2D eigenvalue weighted by Gasteiger charge is 2.24. The van der Waals surface area contributed by atoms with E-state index >= 15 is 0 Å². The van der Waals surface area contributed by atoms with Crippen molar-refractivity contribution >= 4 is 15.9 Å². The van der Waals surface area contributed by atoms with Crippen LogP contribution < -0.4 is 19.9 Å². The number of rotatable bonds is 5. The lowest BCUT2D eigenvalue weighted by molar-refractivity contribution is 0.320. The molecule has 0 saturated carbocycles. The predicted molar refractivity (Wildman–Crippen MR) is 78.5 cm³/mol. The van der Waals surface area contributed by atoms with Crippen molar-refractivity contribution in [2.45, 2.75) is 6.04 Å². The highest BCUT2D eigenvalue weighted by atomic mass is 79.9. The van der Waals surface area contributed by atoms with Gasteiger partial charge in [-0.05, 0) is 34.1 Å². The Morgan fingerprint density at radius 1 is 1.05 bits per heavy atom. The molecule has 0 aliphatic rings. The van der Waals surface area contributed by atoms with Gasteiger partial charge < -0.3 is 24.4 Å². The molecule has 0 aliphatic heterocycles. The van der Waals surface area contributed by atoms with Crippen LogP contribution >= 0.6 is 15.9 Å². The second kappa shape index (κ2) is 6.19. The Hall–Kier alpha value is -1.66. The quantitative estimate of drug-likeness (QED) is 0.904. The van der Waals surface area contributed by atoms with Crippen molar-refractivity contribution in [1.29, 1.82) is 0 Å². The summed E-state index contributed by atoms with van der Waals surface area (Å²) in [6.07, 6.45) is 1.58. The van der Waals surface area contributed by atoms with E-state index in [0.717, 1.165) is 10.0 Å². The predicted octanol–water partition coefficient (Wildman–Crippen LogP) is 3.12. The van der Waals surface area contributed by atoms with E-state index < -0.39 is 6.04 Å². The summed E-state index contributed by atoms with van der Waals surface area (Å²) in [5.74, 6) is 2.24. The first-order valence-corrected chi connectivity index (χ1v) is 6.70. The molecule has 0 aliphatic carbocycles. The molecule has 0 bridgehead atoms. The number of furan rings is 1. The van der Waals surface area contributed by atoms with Gasteiger partial charge in [-0.1, -0.05) is 0 Å². The zero-order valence-electron chi connectivity index (χ0n) is 11.5.